The van der Waals surface area contributed by atoms with E-state index in [0.717, 1.165) is 19.3 Å². The molecule has 88 valence electrons. The van der Waals surface area contributed by atoms with Crippen molar-refractivity contribution in [3.05, 3.63) is 0 Å². The Morgan fingerprint density at radius 3 is 2.73 bits per heavy atom. The lowest BCUT2D eigenvalue weighted by molar-refractivity contribution is -0.125. The minimum Gasteiger partial charge on any atom is -0.384 e. The number of nitrogens with one attached hydrogen (secondary N) is 1. The quantitative estimate of drug-likeness (QED) is 0.649. The third-order valence-electron chi connectivity index (χ3n) is 2.72. The van der Waals surface area contributed by atoms with Crippen molar-refractivity contribution >= 4 is 5.91 Å². The molecule has 0 aromatic heterocycles. The molecule has 1 saturated carbocycles. The Morgan fingerprint density at radius 1 is 1.60 bits per heavy atom. The van der Waals surface area contributed by atoms with Gasteiger partial charge in [0.2, 0.25) is 5.91 Å². The van der Waals surface area contributed by atoms with Crippen LogP contribution >= 0.6 is 0 Å². The van der Waals surface area contributed by atoms with E-state index in [0.29, 0.717) is 25.1 Å². The van der Waals surface area contributed by atoms with Gasteiger partial charge in [-0.1, -0.05) is 6.92 Å². The fourth-order valence-corrected chi connectivity index (χ4v) is 1.70. The van der Waals surface area contributed by atoms with Gasteiger partial charge in [0.25, 0.3) is 0 Å². The first-order valence-electron chi connectivity index (χ1n) is 5.66. The third kappa shape index (κ3) is 4.62. The van der Waals surface area contributed by atoms with E-state index in [1.54, 1.807) is 7.11 Å². The van der Waals surface area contributed by atoms with Crippen LogP contribution in [-0.4, -0.2) is 32.2 Å². The van der Waals surface area contributed by atoms with Gasteiger partial charge in [-0.2, -0.15) is 0 Å². The molecule has 0 radical (unpaired) electrons. The largest absolute Gasteiger partial charge is 0.384 e. The smallest absolute Gasteiger partial charge is 0.224 e. The first-order chi connectivity index (χ1) is 7.17. The Hall–Kier alpha value is -0.610. The molecule has 0 aromatic carbocycles. The van der Waals surface area contributed by atoms with E-state index in [2.05, 4.69) is 12.2 Å². The highest BCUT2D eigenvalue weighted by molar-refractivity contribution is 5.79. The van der Waals surface area contributed by atoms with Crippen LogP contribution < -0.4 is 11.1 Å². The molecule has 0 aromatic rings. The van der Waals surface area contributed by atoms with E-state index < -0.39 is 0 Å². The first kappa shape index (κ1) is 12.5. The number of methoxy groups -OCH3 is 1. The minimum atomic E-state index is -0.0595. The summed E-state index contributed by atoms with van der Waals surface area (Å²) >= 11 is 0. The summed E-state index contributed by atoms with van der Waals surface area (Å²) in [5.74, 6) is 0.437. The van der Waals surface area contributed by atoms with Crippen LogP contribution in [0.2, 0.25) is 0 Å². The summed E-state index contributed by atoms with van der Waals surface area (Å²) in [6, 6.07) is 0.421. The summed E-state index contributed by atoms with van der Waals surface area (Å²) in [7, 11) is 1.68. The Labute approximate surface area is 91.5 Å². The van der Waals surface area contributed by atoms with Crippen molar-refractivity contribution in [3.8, 4) is 0 Å². The normalized spacial score (nSPS) is 19.7. The lowest BCUT2D eigenvalue weighted by atomic mass is 9.95. The van der Waals surface area contributed by atoms with Crippen molar-refractivity contribution in [3.63, 3.8) is 0 Å². The second-order valence-electron chi connectivity index (χ2n) is 4.51. The standard InChI is InChI=1S/C11H22N2O2/c1-8(7-15-2)5-9(6-12)11(14)13-10-3-4-10/h8-10H,3-7,12H2,1-2H3,(H,13,14). The highest BCUT2D eigenvalue weighted by Crippen LogP contribution is 2.20. The Balaban J connectivity index is 2.28. The summed E-state index contributed by atoms with van der Waals surface area (Å²) in [4.78, 5) is 11.7. The van der Waals surface area contributed by atoms with E-state index in [-0.39, 0.29) is 11.8 Å². The van der Waals surface area contributed by atoms with Gasteiger partial charge in [0.15, 0.2) is 0 Å². The van der Waals surface area contributed by atoms with Crippen LogP contribution in [0.15, 0.2) is 0 Å². The van der Waals surface area contributed by atoms with Gasteiger partial charge >= 0.3 is 0 Å². The lowest BCUT2D eigenvalue weighted by Crippen LogP contribution is -2.37. The molecule has 0 bridgehead atoms. The average Bonchev–Trinajstić information content (AvgIpc) is 2.98. The number of nitrogens with two attached hydrogens (primary N) is 1. The summed E-state index contributed by atoms with van der Waals surface area (Å²) in [5, 5.41) is 2.99. The first-order valence-corrected chi connectivity index (χ1v) is 5.66. The van der Waals surface area contributed by atoms with Gasteiger partial charge in [-0.3, -0.25) is 4.79 Å². The van der Waals surface area contributed by atoms with Crippen LogP contribution in [-0.2, 0) is 9.53 Å². The van der Waals surface area contributed by atoms with Crippen LogP contribution in [0.5, 0.6) is 0 Å². The zero-order chi connectivity index (χ0) is 11.3. The summed E-state index contributed by atoms with van der Waals surface area (Å²) in [5.41, 5.74) is 5.61. The van der Waals surface area contributed by atoms with E-state index in [9.17, 15) is 4.79 Å². The Bertz CT molecular complexity index is 205. The molecule has 2 unspecified atom stereocenters. The fraction of sp³-hybridized carbons (Fsp3) is 0.909. The van der Waals surface area contributed by atoms with Gasteiger partial charge < -0.3 is 15.8 Å². The monoisotopic (exact) mass is 214 g/mol. The van der Waals surface area contributed by atoms with Crippen molar-refractivity contribution in [1.29, 1.82) is 0 Å². The molecule has 15 heavy (non-hydrogen) atoms. The number of hydrogen-bond donors (Lipinski definition) is 2. The van der Waals surface area contributed by atoms with Gasteiger partial charge in [-0.15, -0.1) is 0 Å². The third-order valence-corrected chi connectivity index (χ3v) is 2.72. The lowest BCUT2D eigenvalue weighted by Gasteiger charge is -2.18. The SMILES string of the molecule is COCC(C)CC(CN)C(=O)NC1CC1. The molecule has 0 saturated heterocycles. The van der Waals surface area contributed by atoms with Gasteiger partial charge in [-0.05, 0) is 25.2 Å². The van der Waals surface area contributed by atoms with Crippen LogP contribution in [0, 0.1) is 11.8 Å². The van der Waals surface area contributed by atoms with Crippen LogP contribution in [0.3, 0.4) is 0 Å². The van der Waals surface area contributed by atoms with Crippen molar-refractivity contribution < 1.29 is 9.53 Å². The Kier molecular flexibility index (Phi) is 5.05. The van der Waals surface area contributed by atoms with Crippen molar-refractivity contribution in [2.24, 2.45) is 17.6 Å². The minimum absolute atomic E-state index is 0.0595. The van der Waals surface area contributed by atoms with Crippen molar-refractivity contribution in [1.82, 2.24) is 5.32 Å². The highest BCUT2D eigenvalue weighted by Gasteiger charge is 2.27. The molecule has 3 N–H and O–H groups in total. The second-order valence-corrected chi connectivity index (χ2v) is 4.51. The number of ether oxygens (including phenoxy) is 1. The summed E-state index contributed by atoms with van der Waals surface area (Å²) < 4.78 is 5.05. The molecular formula is C11H22N2O2. The molecule has 4 heteroatoms. The Morgan fingerprint density at radius 2 is 2.27 bits per heavy atom. The maximum absolute atomic E-state index is 11.7. The number of amides is 1. The topological polar surface area (TPSA) is 64.3 Å². The molecule has 4 nitrogen and oxygen atoms in total. The van der Waals surface area contributed by atoms with E-state index in [4.69, 9.17) is 10.5 Å². The molecule has 1 fully saturated rings. The maximum atomic E-state index is 11.7. The van der Waals surface area contributed by atoms with Crippen LogP contribution in [0.25, 0.3) is 0 Å². The molecule has 0 heterocycles. The number of carbonyl (C=O) groups excluding carboxylic acids is 1. The maximum Gasteiger partial charge on any atom is 0.224 e. The van der Waals surface area contributed by atoms with Gasteiger partial charge in [0.1, 0.15) is 0 Å². The highest BCUT2D eigenvalue weighted by atomic mass is 16.5. The summed E-state index contributed by atoms with van der Waals surface area (Å²) in [6.45, 7) is 3.19. The van der Waals surface area contributed by atoms with E-state index in [1.807, 2.05) is 0 Å². The molecule has 1 rings (SSSR count). The zero-order valence-corrected chi connectivity index (χ0v) is 9.66. The predicted molar refractivity (Wildman–Crippen MR) is 59.4 cm³/mol. The van der Waals surface area contributed by atoms with E-state index in [1.165, 1.54) is 0 Å². The molecule has 0 aliphatic heterocycles. The predicted octanol–water partition coefficient (Wildman–Crippen LogP) is 0.513. The zero-order valence-electron chi connectivity index (χ0n) is 9.66. The van der Waals surface area contributed by atoms with Gasteiger partial charge in [0, 0.05) is 26.3 Å². The summed E-state index contributed by atoms with van der Waals surface area (Å²) in [6.07, 6.45) is 3.05. The second kappa shape index (κ2) is 6.08. The van der Waals surface area contributed by atoms with E-state index >= 15 is 0 Å². The van der Waals surface area contributed by atoms with Gasteiger partial charge in [0.05, 0.1) is 5.92 Å². The fourth-order valence-electron chi connectivity index (χ4n) is 1.70. The molecule has 1 aliphatic carbocycles. The molecule has 2 atom stereocenters. The molecule has 1 amide bonds. The number of carbonyl (C=O) groups is 1. The molecular weight excluding hydrogens is 192 g/mol. The average molecular weight is 214 g/mol. The molecule has 0 spiro atoms. The van der Waals surface area contributed by atoms with Crippen molar-refractivity contribution in [2.45, 2.75) is 32.2 Å². The van der Waals surface area contributed by atoms with Gasteiger partial charge in [-0.25, -0.2) is 0 Å². The van der Waals surface area contributed by atoms with Crippen LogP contribution in [0.1, 0.15) is 26.2 Å². The van der Waals surface area contributed by atoms with Crippen LogP contribution in [0.4, 0.5) is 0 Å². The number of hydrogen-bond acceptors (Lipinski definition) is 3. The molecule has 1 aliphatic rings. The number of rotatable bonds is 7. The van der Waals surface area contributed by atoms with Crippen molar-refractivity contribution in [2.75, 3.05) is 20.3 Å².